The first kappa shape index (κ1) is 14.8. The molecule has 0 saturated heterocycles. The van der Waals surface area contributed by atoms with Gasteiger partial charge in [-0.05, 0) is 24.3 Å². The zero-order valence-corrected chi connectivity index (χ0v) is 11.8. The number of nitrogen functional groups attached to an aromatic ring is 1. The van der Waals surface area contributed by atoms with Gasteiger partial charge in [0, 0.05) is 17.8 Å². The van der Waals surface area contributed by atoms with Crippen molar-refractivity contribution in [2.24, 2.45) is 0 Å². The third kappa shape index (κ3) is 5.52. The Kier molecular flexibility index (Phi) is 5.58. The molecule has 1 aromatic carbocycles. The molecule has 5 heteroatoms. The van der Waals surface area contributed by atoms with Crippen LogP contribution in [0.3, 0.4) is 0 Å². The SMILES string of the molecule is Nc1ccc(OCCC(=O)OCC[n+]2ccccc2)cc1. The largest absolute Gasteiger partial charge is 0.493 e. The van der Waals surface area contributed by atoms with Gasteiger partial charge in [-0.25, -0.2) is 4.57 Å². The van der Waals surface area contributed by atoms with Gasteiger partial charge >= 0.3 is 5.97 Å². The molecule has 0 spiro atoms. The summed E-state index contributed by atoms with van der Waals surface area (Å²) in [6.07, 6.45) is 4.08. The maximum atomic E-state index is 11.5. The molecule has 1 heterocycles. The first-order chi connectivity index (χ1) is 10.2. The molecule has 0 aliphatic carbocycles. The van der Waals surface area contributed by atoms with Crippen LogP contribution in [0.2, 0.25) is 0 Å². The van der Waals surface area contributed by atoms with Crippen molar-refractivity contribution >= 4 is 11.7 Å². The normalized spacial score (nSPS) is 10.1. The zero-order chi connectivity index (χ0) is 14.9. The lowest BCUT2D eigenvalue weighted by Crippen LogP contribution is -2.35. The van der Waals surface area contributed by atoms with Crippen molar-refractivity contribution < 1.29 is 18.8 Å². The summed E-state index contributed by atoms with van der Waals surface area (Å²) in [5.41, 5.74) is 6.26. The van der Waals surface area contributed by atoms with Crippen LogP contribution in [-0.2, 0) is 16.1 Å². The second-order valence-electron chi connectivity index (χ2n) is 4.50. The second kappa shape index (κ2) is 7.89. The van der Waals surface area contributed by atoms with Gasteiger partial charge in [0.25, 0.3) is 0 Å². The Bertz CT molecular complexity index is 555. The number of nitrogens with zero attached hydrogens (tertiary/aromatic N) is 1. The van der Waals surface area contributed by atoms with Crippen molar-refractivity contribution in [3.05, 3.63) is 54.9 Å². The van der Waals surface area contributed by atoms with Gasteiger partial charge < -0.3 is 15.2 Å². The lowest BCUT2D eigenvalue weighted by atomic mass is 10.3. The lowest BCUT2D eigenvalue weighted by molar-refractivity contribution is -0.697. The highest BCUT2D eigenvalue weighted by Crippen LogP contribution is 2.13. The average molecular weight is 287 g/mol. The van der Waals surface area contributed by atoms with Crippen molar-refractivity contribution in [1.82, 2.24) is 0 Å². The van der Waals surface area contributed by atoms with Crippen molar-refractivity contribution in [3.63, 3.8) is 0 Å². The van der Waals surface area contributed by atoms with Crippen molar-refractivity contribution in [3.8, 4) is 5.75 Å². The van der Waals surface area contributed by atoms with E-state index in [1.54, 1.807) is 24.3 Å². The van der Waals surface area contributed by atoms with Gasteiger partial charge in [-0.2, -0.15) is 0 Å². The van der Waals surface area contributed by atoms with E-state index in [2.05, 4.69) is 0 Å². The Hall–Kier alpha value is -2.56. The topological polar surface area (TPSA) is 65.4 Å². The number of carbonyl (C=O) groups excluding carboxylic acids is 1. The molecule has 0 atom stereocenters. The Morgan fingerprint density at radius 1 is 1.05 bits per heavy atom. The number of hydrogen-bond donors (Lipinski definition) is 1. The van der Waals surface area contributed by atoms with Gasteiger partial charge in [-0.3, -0.25) is 4.79 Å². The van der Waals surface area contributed by atoms with Crippen molar-refractivity contribution in [2.45, 2.75) is 13.0 Å². The Morgan fingerprint density at radius 2 is 1.76 bits per heavy atom. The molecular formula is C16H19N2O3+. The van der Waals surface area contributed by atoms with Crippen LogP contribution in [0.15, 0.2) is 54.9 Å². The maximum Gasteiger partial charge on any atom is 0.309 e. The summed E-state index contributed by atoms with van der Waals surface area (Å²) in [6.45, 7) is 1.29. The Balaban J connectivity index is 1.60. The molecule has 1 aromatic heterocycles. The number of carbonyl (C=O) groups is 1. The van der Waals surface area contributed by atoms with Crippen molar-refractivity contribution in [2.75, 3.05) is 18.9 Å². The number of esters is 1. The van der Waals surface area contributed by atoms with E-state index in [-0.39, 0.29) is 12.4 Å². The fourth-order valence-electron chi connectivity index (χ4n) is 1.74. The predicted octanol–water partition coefficient (Wildman–Crippen LogP) is 1.57. The monoisotopic (exact) mass is 287 g/mol. The average Bonchev–Trinajstić information content (AvgIpc) is 2.50. The van der Waals surface area contributed by atoms with Gasteiger partial charge in [-0.1, -0.05) is 6.07 Å². The molecule has 0 saturated carbocycles. The van der Waals surface area contributed by atoms with Crippen LogP contribution in [0, 0.1) is 0 Å². The number of aromatic nitrogens is 1. The number of pyridine rings is 1. The summed E-state index contributed by atoms with van der Waals surface area (Å²) in [5, 5.41) is 0. The molecule has 0 aliphatic rings. The van der Waals surface area contributed by atoms with Crippen LogP contribution in [-0.4, -0.2) is 19.2 Å². The molecule has 0 bridgehead atoms. The molecule has 0 aliphatic heterocycles. The molecular weight excluding hydrogens is 268 g/mol. The fourth-order valence-corrected chi connectivity index (χ4v) is 1.74. The second-order valence-corrected chi connectivity index (χ2v) is 4.50. The Morgan fingerprint density at radius 3 is 2.48 bits per heavy atom. The van der Waals surface area contributed by atoms with Gasteiger partial charge in [-0.15, -0.1) is 0 Å². The van der Waals surface area contributed by atoms with E-state index < -0.39 is 0 Å². The van der Waals surface area contributed by atoms with Crippen LogP contribution in [0.1, 0.15) is 6.42 Å². The number of benzene rings is 1. The summed E-state index contributed by atoms with van der Waals surface area (Å²) in [5.74, 6) is 0.429. The molecule has 0 fully saturated rings. The summed E-state index contributed by atoms with van der Waals surface area (Å²) in [7, 11) is 0. The molecule has 0 radical (unpaired) electrons. The summed E-state index contributed by atoms with van der Waals surface area (Å²) < 4.78 is 12.5. The van der Waals surface area contributed by atoms with Crippen LogP contribution in [0.4, 0.5) is 5.69 Å². The van der Waals surface area contributed by atoms with E-state index >= 15 is 0 Å². The molecule has 2 rings (SSSR count). The molecule has 21 heavy (non-hydrogen) atoms. The van der Waals surface area contributed by atoms with E-state index in [9.17, 15) is 4.79 Å². The third-order valence-electron chi connectivity index (χ3n) is 2.84. The quantitative estimate of drug-likeness (QED) is 0.477. The van der Waals surface area contributed by atoms with Gasteiger partial charge in [0.15, 0.2) is 25.5 Å². The number of hydrogen-bond acceptors (Lipinski definition) is 4. The summed E-state index contributed by atoms with van der Waals surface area (Å²) >= 11 is 0. The van der Waals surface area contributed by atoms with Gasteiger partial charge in [0.1, 0.15) is 5.75 Å². The number of anilines is 1. The third-order valence-corrected chi connectivity index (χ3v) is 2.84. The highest BCUT2D eigenvalue weighted by atomic mass is 16.5. The van der Waals surface area contributed by atoms with Crippen LogP contribution in [0.5, 0.6) is 5.75 Å². The minimum atomic E-state index is -0.262. The van der Waals surface area contributed by atoms with E-state index in [1.165, 1.54) is 0 Å². The van der Waals surface area contributed by atoms with E-state index in [4.69, 9.17) is 15.2 Å². The van der Waals surface area contributed by atoms with Crippen molar-refractivity contribution in [1.29, 1.82) is 0 Å². The van der Waals surface area contributed by atoms with Crippen LogP contribution < -0.4 is 15.0 Å². The molecule has 2 N–H and O–H groups in total. The number of rotatable bonds is 7. The smallest absolute Gasteiger partial charge is 0.309 e. The highest BCUT2D eigenvalue weighted by Gasteiger charge is 2.05. The molecule has 0 amide bonds. The lowest BCUT2D eigenvalue weighted by Gasteiger charge is -2.06. The van der Waals surface area contributed by atoms with E-state index in [0.717, 1.165) is 0 Å². The predicted molar refractivity (Wildman–Crippen MR) is 78.6 cm³/mol. The van der Waals surface area contributed by atoms with E-state index in [1.807, 2.05) is 35.2 Å². The minimum Gasteiger partial charge on any atom is -0.493 e. The first-order valence-electron chi connectivity index (χ1n) is 6.82. The summed E-state index contributed by atoms with van der Waals surface area (Å²) in [6, 6.07) is 12.9. The molecule has 2 aromatic rings. The fraction of sp³-hybridized carbons (Fsp3) is 0.250. The molecule has 5 nitrogen and oxygen atoms in total. The highest BCUT2D eigenvalue weighted by molar-refractivity contribution is 5.69. The maximum absolute atomic E-state index is 11.5. The zero-order valence-electron chi connectivity index (χ0n) is 11.8. The molecule has 110 valence electrons. The van der Waals surface area contributed by atoms with Crippen LogP contribution in [0.25, 0.3) is 0 Å². The van der Waals surface area contributed by atoms with Crippen LogP contribution >= 0.6 is 0 Å². The first-order valence-corrected chi connectivity index (χ1v) is 6.82. The number of nitrogens with two attached hydrogens (primary N) is 1. The van der Waals surface area contributed by atoms with E-state index in [0.29, 0.717) is 31.2 Å². The molecule has 0 unspecified atom stereocenters. The Labute approximate surface area is 123 Å². The number of ether oxygens (including phenoxy) is 2. The van der Waals surface area contributed by atoms with Gasteiger partial charge in [0.05, 0.1) is 13.0 Å². The van der Waals surface area contributed by atoms with Gasteiger partial charge in [0.2, 0.25) is 0 Å². The minimum absolute atomic E-state index is 0.226. The summed E-state index contributed by atoms with van der Waals surface area (Å²) in [4.78, 5) is 11.5. The standard InChI is InChI=1S/C16H19N2O3/c17-14-4-6-15(7-5-14)20-12-8-16(19)21-13-11-18-9-2-1-3-10-18/h1-7,9-10H,8,11-13,17H2/q+1.